The van der Waals surface area contributed by atoms with Crippen molar-refractivity contribution >= 4 is 39.1 Å². The van der Waals surface area contributed by atoms with Crippen LogP contribution in [0.15, 0.2) is 22.7 Å². The van der Waals surface area contributed by atoms with Gasteiger partial charge in [0.25, 0.3) is 5.91 Å². The molecule has 1 heterocycles. The molecule has 0 saturated heterocycles. The van der Waals surface area contributed by atoms with Gasteiger partial charge in [0.1, 0.15) is 5.82 Å². The van der Waals surface area contributed by atoms with Gasteiger partial charge in [0.2, 0.25) is 5.91 Å². The van der Waals surface area contributed by atoms with E-state index in [1.807, 2.05) is 0 Å². The minimum absolute atomic E-state index is 0.130. The number of hydrogen-bond acceptors (Lipinski definition) is 4. The molecule has 0 aliphatic heterocycles. The first-order valence-corrected chi connectivity index (χ1v) is 10.6. The molecule has 0 unspecified atom stereocenters. The van der Waals surface area contributed by atoms with Crippen LogP contribution in [0.2, 0.25) is 0 Å². The number of nitrogens with zero attached hydrogens (tertiary/aromatic N) is 1. The van der Waals surface area contributed by atoms with E-state index in [1.54, 1.807) is 11.3 Å². The molecule has 0 saturated carbocycles. The highest BCUT2D eigenvalue weighted by Gasteiger charge is 2.15. The van der Waals surface area contributed by atoms with Gasteiger partial charge in [-0.1, -0.05) is 0 Å². The van der Waals surface area contributed by atoms with Gasteiger partial charge < -0.3 is 10.6 Å². The number of carbonyl (C=O) groups excluding carboxylic acids is 2. The van der Waals surface area contributed by atoms with Crippen molar-refractivity contribution in [3.63, 3.8) is 0 Å². The van der Waals surface area contributed by atoms with Gasteiger partial charge in [0.15, 0.2) is 0 Å². The van der Waals surface area contributed by atoms with Gasteiger partial charge in [-0.05, 0) is 59.8 Å². The van der Waals surface area contributed by atoms with Crippen molar-refractivity contribution < 1.29 is 14.0 Å². The van der Waals surface area contributed by atoms with Crippen LogP contribution < -0.4 is 10.6 Å². The number of aromatic nitrogens is 1. The first-order valence-electron chi connectivity index (χ1n) is 9.00. The van der Waals surface area contributed by atoms with Crippen molar-refractivity contribution in [1.82, 2.24) is 15.6 Å². The van der Waals surface area contributed by atoms with Crippen LogP contribution >= 0.6 is 27.3 Å². The molecule has 2 aromatic rings. The molecular weight excluding hydrogens is 433 g/mol. The highest BCUT2D eigenvalue weighted by atomic mass is 79.9. The fourth-order valence-corrected chi connectivity index (χ4v) is 4.55. The Morgan fingerprint density at radius 2 is 2.00 bits per heavy atom. The number of amides is 2. The number of nitrogens with one attached hydrogen (secondary N) is 2. The second-order valence-corrected chi connectivity index (χ2v) is 8.44. The van der Waals surface area contributed by atoms with Crippen molar-refractivity contribution in [3.05, 3.63) is 49.6 Å². The number of carbonyl (C=O) groups is 2. The third-order valence-corrected chi connectivity index (χ3v) is 6.27. The van der Waals surface area contributed by atoms with E-state index in [4.69, 9.17) is 0 Å². The Morgan fingerprint density at radius 3 is 2.81 bits per heavy atom. The number of fused-ring (bicyclic) bond motifs is 1. The van der Waals surface area contributed by atoms with Crippen LogP contribution in [0.5, 0.6) is 0 Å². The molecule has 0 atom stereocenters. The average Bonchev–Trinajstić information content (AvgIpc) is 3.06. The molecule has 1 aliphatic rings. The number of halogens is 2. The Kier molecular flexibility index (Phi) is 6.95. The second-order valence-electron chi connectivity index (χ2n) is 6.41. The van der Waals surface area contributed by atoms with E-state index in [9.17, 15) is 14.0 Å². The zero-order chi connectivity index (χ0) is 19.2. The highest BCUT2D eigenvalue weighted by molar-refractivity contribution is 9.10. The molecule has 0 fully saturated rings. The summed E-state index contributed by atoms with van der Waals surface area (Å²) in [7, 11) is 0. The Morgan fingerprint density at radius 1 is 1.19 bits per heavy atom. The molecular formula is C19H21BrFN3O2S. The molecule has 144 valence electrons. The Balaban J connectivity index is 1.36. The van der Waals surface area contributed by atoms with Gasteiger partial charge in [-0.2, -0.15) is 0 Å². The number of aryl methyl sites for hydroxylation is 2. The van der Waals surface area contributed by atoms with Crippen molar-refractivity contribution in [2.45, 2.75) is 38.5 Å². The zero-order valence-electron chi connectivity index (χ0n) is 14.8. The maximum atomic E-state index is 13.2. The summed E-state index contributed by atoms with van der Waals surface area (Å²) in [5.74, 6) is -1.03. The highest BCUT2D eigenvalue weighted by Crippen LogP contribution is 2.26. The molecule has 2 N–H and O–H groups in total. The summed E-state index contributed by atoms with van der Waals surface area (Å²) in [5, 5.41) is 6.56. The van der Waals surface area contributed by atoms with E-state index in [0.717, 1.165) is 30.3 Å². The zero-order valence-corrected chi connectivity index (χ0v) is 17.2. The predicted molar refractivity (Wildman–Crippen MR) is 107 cm³/mol. The van der Waals surface area contributed by atoms with Crippen LogP contribution in [-0.4, -0.2) is 29.9 Å². The molecule has 5 nitrogen and oxygen atoms in total. The Bertz CT molecular complexity index is 817. The number of hydrogen-bond donors (Lipinski definition) is 2. The molecule has 0 bridgehead atoms. The first kappa shape index (κ1) is 19.9. The molecule has 3 rings (SSSR count). The summed E-state index contributed by atoms with van der Waals surface area (Å²) in [5.41, 5.74) is 1.45. The van der Waals surface area contributed by atoms with Crippen LogP contribution in [0.4, 0.5) is 4.39 Å². The van der Waals surface area contributed by atoms with Gasteiger partial charge >= 0.3 is 0 Å². The normalized spacial score (nSPS) is 13.1. The topological polar surface area (TPSA) is 71.1 Å². The Hall–Kier alpha value is -1.80. The summed E-state index contributed by atoms with van der Waals surface area (Å²) in [6, 6.07) is 3.91. The van der Waals surface area contributed by atoms with Crippen molar-refractivity contribution in [2.75, 3.05) is 13.1 Å². The third-order valence-electron chi connectivity index (χ3n) is 4.36. The Labute approximate surface area is 169 Å². The number of thiazole rings is 1. The molecule has 0 radical (unpaired) electrons. The van der Waals surface area contributed by atoms with Crippen LogP contribution in [0.1, 0.15) is 45.2 Å². The predicted octanol–water partition coefficient (Wildman–Crippen LogP) is 3.40. The third kappa shape index (κ3) is 5.59. The van der Waals surface area contributed by atoms with Crippen molar-refractivity contribution in [2.24, 2.45) is 0 Å². The van der Waals surface area contributed by atoms with Gasteiger partial charge in [0.05, 0.1) is 16.3 Å². The van der Waals surface area contributed by atoms with E-state index in [1.165, 1.54) is 35.5 Å². The smallest absolute Gasteiger partial charge is 0.252 e. The van der Waals surface area contributed by atoms with E-state index < -0.39 is 11.7 Å². The number of benzene rings is 1. The molecule has 1 aromatic heterocycles. The van der Waals surface area contributed by atoms with Crippen LogP contribution in [0.3, 0.4) is 0 Å². The van der Waals surface area contributed by atoms with E-state index in [-0.39, 0.29) is 24.4 Å². The lowest BCUT2D eigenvalue weighted by atomic mass is 10.0. The summed E-state index contributed by atoms with van der Waals surface area (Å²) in [4.78, 5) is 30.0. The molecule has 8 heteroatoms. The minimum Gasteiger partial charge on any atom is -0.356 e. The summed E-state index contributed by atoms with van der Waals surface area (Å²) < 4.78 is 13.8. The van der Waals surface area contributed by atoms with Crippen molar-refractivity contribution in [3.8, 4) is 0 Å². The molecule has 1 aromatic carbocycles. The van der Waals surface area contributed by atoms with E-state index >= 15 is 0 Å². The lowest BCUT2D eigenvalue weighted by Crippen LogP contribution is -2.31. The summed E-state index contributed by atoms with van der Waals surface area (Å²) in [6.45, 7) is 0.730. The quantitative estimate of drug-likeness (QED) is 0.674. The minimum atomic E-state index is -0.482. The largest absolute Gasteiger partial charge is 0.356 e. The lowest BCUT2D eigenvalue weighted by Gasteiger charge is -2.07. The van der Waals surface area contributed by atoms with E-state index in [0.29, 0.717) is 11.0 Å². The van der Waals surface area contributed by atoms with Crippen LogP contribution in [0.25, 0.3) is 0 Å². The average molecular weight is 454 g/mol. The van der Waals surface area contributed by atoms with Gasteiger partial charge in [-0.15, -0.1) is 11.3 Å². The number of rotatable bonds is 7. The fraction of sp³-hybridized carbons (Fsp3) is 0.421. The molecule has 1 aliphatic carbocycles. The SMILES string of the molecule is O=C(CCNC(=O)c1cc(F)ccc1Br)NCCc1nc2c(s1)CCCC2. The van der Waals surface area contributed by atoms with Gasteiger partial charge in [-0.25, -0.2) is 9.37 Å². The standard InChI is InChI=1S/C19H21BrFN3O2S/c20-14-6-5-12(21)11-13(14)19(26)23-9-7-17(25)22-10-8-18-24-15-3-1-2-4-16(15)27-18/h5-6,11H,1-4,7-10H2,(H,22,25)(H,23,26). The lowest BCUT2D eigenvalue weighted by molar-refractivity contribution is -0.120. The van der Waals surface area contributed by atoms with Crippen LogP contribution in [0, 0.1) is 5.82 Å². The fourth-order valence-electron chi connectivity index (χ4n) is 2.97. The molecule has 2 amide bonds. The van der Waals surface area contributed by atoms with Gasteiger partial charge in [0, 0.05) is 35.3 Å². The second kappa shape index (κ2) is 9.41. The van der Waals surface area contributed by atoms with Gasteiger partial charge in [-0.3, -0.25) is 9.59 Å². The van der Waals surface area contributed by atoms with E-state index in [2.05, 4.69) is 31.5 Å². The molecule has 27 heavy (non-hydrogen) atoms. The maximum absolute atomic E-state index is 13.2. The van der Waals surface area contributed by atoms with Crippen molar-refractivity contribution in [1.29, 1.82) is 0 Å². The first-order chi connectivity index (χ1) is 13.0. The monoisotopic (exact) mass is 453 g/mol. The molecule has 0 spiro atoms. The van der Waals surface area contributed by atoms with Crippen LogP contribution in [-0.2, 0) is 24.1 Å². The summed E-state index contributed by atoms with van der Waals surface area (Å²) in [6.07, 6.45) is 5.55. The summed E-state index contributed by atoms with van der Waals surface area (Å²) >= 11 is 4.97. The maximum Gasteiger partial charge on any atom is 0.252 e.